The summed E-state index contributed by atoms with van der Waals surface area (Å²) >= 11 is 12.7. The molecule has 2 rings (SSSR count). The molecule has 1 fully saturated rings. The fraction of sp³-hybridized carbons (Fsp3) is 0.667. The highest BCUT2D eigenvalue weighted by Crippen LogP contribution is 2.33. The number of rotatable bonds is 5. The second-order valence-electron chi connectivity index (χ2n) is 5.13. The van der Waals surface area contributed by atoms with Gasteiger partial charge in [-0.15, -0.1) is 11.3 Å². The fourth-order valence-electron chi connectivity index (χ4n) is 2.41. The average molecular weight is 357 g/mol. The molecule has 0 aromatic carbocycles. The summed E-state index contributed by atoms with van der Waals surface area (Å²) in [4.78, 5) is 2.36. The largest absolute Gasteiger partial charge is 0.302 e. The van der Waals surface area contributed by atoms with Crippen molar-refractivity contribution in [1.82, 2.24) is 9.62 Å². The first-order valence-corrected chi connectivity index (χ1v) is 9.61. The second-order valence-corrected chi connectivity index (χ2v) is 9.16. The topological polar surface area (TPSA) is 49.4 Å². The van der Waals surface area contributed by atoms with Crippen molar-refractivity contribution < 1.29 is 8.42 Å². The van der Waals surface area contributed by atoms with E-state index >= 15 is 0 Å². The molecule has 114 valence electrons. The van der Waals surface area contributed by atoms with Gasteiger partial charge >= 0.3 is 0 Å². The van der Waals surface area contributed by atoms with Gasteiger partial charge in [0.15, 0.2) is 0 Å². The molecule has 0 bridgehead atoms. The SMILES string of the molecule is CC1CCCN(CCNS(=O)(=O)c2cc(Cl)sc2Cl)C1. The van der Waals surface area contributed by atoms with Gasteiger partial charge in [-0.3, -0.25) is 0 Å². The van der Waals surface area contributed by atoms with Crippen molar-refractivity contribution in [2.45, 2.75) is 24.7 Å². The second kappa shape index (κ2) is 6.94. The van der Waals surface area contributed by atoms with E-state index in [2.05, 4.69) is 16.5 Å². The van der Waals surface area contributed by atoms with Gasteiger partial charge < -0.3 is 4.90 Å². The zero-order valence-electron chi connectivity index (χ0n) is 11.2. The van der Waals surface area contributed by atoms with E-state index in [1.54, 1.807) is 0 Å². The molecule has 1 saturated heterocycles. The van der Waals surface area contributed by atoms with E-state index in [0.29, 0.717) is 16.8 Å². The standard InChI is InChI=1S/C12H18Cl2N2O2S2/c1-9-3-2-5-16(8-9)6-4-15-20(17,18)10-7-11(13)19-12(10)14/h7,9,15H,2-6,8H2,1H3. The maximum atomic E-state index is 12.1. The van der Waals surface area contributed by atoms with Gasteiger partial charge in [0.05, 0.1) is 4.34 Å². The first-order chi connectivity index (χ1) is 9.38. The molecule has 2 heterocycles. The summed E-state index contributed by atoms with van der Waals surface area (Å²) in [6.07, 6.45) is 2.44. The quantitative estimate of drug-likeness (QED) is 0.881. The van der Waals surface area contributed by atoms with Gasteiger partial charge in [-0.05, 0) is 31.4 Å². The maximum absolute atomic E-state index is 12.1. The van der Waals surface area contributed by atoms with Crippen LogP contribution in [0.3, 0.4) is 0 Å². The number of piperidine rings is 1. The Labute approximate surface area is 134 Å². The lowest BCUT2D eigenvalue weighted by atomic mass is 10.0. The predicted molar refractivity (Wildman–Crippen MR) is 84.4 cm³/mol. The molecule has 8 heteroatoms. The van der Waals surface area contributed by atoms with Crippen LogP contribution in [0.5, 0.6) is 0 Å². The van der Waals surface area contributed by atoms with Crippen LogP contribution in [-0.4, -0.2) is 39.5 Å². The van der Waals surface area contributed by atoms with Crippen LogP contribution in [-0.2, 0) is 10.0 Å². The smallest absolute Gasteiger partial charge is 0.243 e. The molecule has 1 N–H and O–H groups in total. The van der Waals surface area contributed by atoms with Crippen LogP contribution in [0, 0.1) is 5.92 Å². The number of likely N-dealkylation sites (tertiary alicyclic amines) is 1. The van der Waals surface area contributed by atoms with Gasteiger partial charge in [0, 0.05) is 19.6 Å². The summed E-state index contributed by atoms with van der Waals surface area (Å²) in [6.45, 7) is 5.41. The Hall–Kier alpha value is 0.150. The maximum Gasteiger partial charge on any atom is 0.243 e. The average Bonchev–Trinajstić information content (AvgIpc) is 2.69. The number of halogens is 2. The van der Waals surface area contributed by atoms with Crippen LogP contribution in [0.25, 0.3) is 0 Å². The summed E-state index contributed by atoms with van der Waals surface area (Å²) in [5.74, 6) is 0.686. The van der Waals surface area contributed by atoms with Crippen molar-refractivity contribution in [3.05, 3.63) is 14.7 Å². The van der Waals surface area contributed by atoms with E-state index in [1.165, 1.54) is 18.9 Å². The molecule has 1 atom stereocenters. The Morgan fingerprint density at radius 3 is 2.85 bits per heavy atom. The van der Waals surface area contributed by atoms with E-state index in [4.69, 9.17) is 23.2 Å². The highest BCUT2D eigenvalue weighted by atomic mass is 35.5. The predicted octanol–water partition coefficient (Wildman–Crippen LogP) is 3.07. The lowest BCUT2D eigenvalue weighted by molar-refractivity contribution is 0.187. The molecular weight excluding hydrogens is 339 g/mol. The number of nitrogens with zero attached hydrogens (tertiary/aromatic N) is 1. The third kappa shape index (κ3) is 4.32. The molecule has 0 saturated carbocycles. The highest BCUT2D eigenvalue weighted by molar-refractivity contribution is 7.89. The number of hydrogen-bond donors (Lipinski definition) is 1. The molecule has 1 aromatic rings. The zero-order chi connectivity index (χ0) is 14.8. The minimum absolute atomic E-state index is 0.0705. The first-order valence-electron chi connectivity index (χ1n) is 6.55. The van der Waals surface area contributed by atoms with Crippen molar-refractivity contribution in [2.75, 3.05) is 26.2 Å². The molecule has 1 unspecified atom stereocenters. The Bertz CT molecular complexity index is 560. The van der Waals surface area contributed by atoms with E-state index in [1.807, 2.05) is 0 Å². The molecule has 20 heavy (non-hydrogen) atoms. The van der Waals surface area contributed by atoms with Crippen LogP contribution in [0.1, 0.15) is 19.8 Å². The number of thiophene rings is 1. The number of sulfonamides is 1. The van der Waals surface area contributed by atoms with Crippen LogP contribution in [0.2, 0.25) is 8.67 Å². The number of hydrogen-bond acceptors (Lipinski definition) is 4. The van der Waals surface area contributed by atoms with E-state index < -0.39 is 10.0 Å². The Morgan fingerprint density at radius 1 is 1.50 bits per heavy atom. The summed E-state index contributed by atoms with van der Waals surface area (Å²) in [5.41, 5.74) is 0. The minimum atomic E-state index is -3.57. The molecule has 0 aliphatic carbocycles. The van der Waals surface area contributed by atoms with Crippen LogP contribution in [0.15, 0.2) is 11.0 Å². The Balaban J connectivity index is 1.88. The van der Waals surface area contributed by atoms with Gasteiger partial charge in [0.25, 0.3) is 0 Å². The first kappa shape index (κ1) is 16.5. The van der Waals surface area contributed by atoms with Crippen LogP contribution >= 0.6 is 34.5 Å². The van der Waals surface area contributed by atoms with Crippen molar-refractivity contribution >= 4 is 44.6 Å². The molecule has 0 amide bonds. The van der Waals surface area contributed by atoms with Crippen molar-refractivity contribution in [3.8, 4) is 0 Å². The zero-order valence-corrected chi connectivity index (χ0v) is 14.4. The lowest BCUT2D eigenvalue weighted by Gasteiger charge is -2.30. The molecule has 1 aliphatic rings. The van der Waals surface area contributed by atoms with Gasteiger partial charge in [0.2, 0.25) is 10.0 Å². The third-order valence-corrected chi connectivity index (χ3v) is 6.59. The fourth-order valence-corrected chi connectivity index (χ4v) is 5.58. The molecule has 1 aromatic heterocycles. The molecule has 0 spiro atoms. The van der Waals surface area contributed by atoms with Gasteiger partial charge in [-0.2, -0.15) is 0 Å². The highest BCUT2D eigenvalue weighted by Gasteiger charge is 2.21. The molecular formula is C12H18Cl2N2O2S2. The van der Waals surface area contributed by atoms with E-state index in [-0.39, 0.29) is 9.23 Å². The van der Waals surface area contributed by atoms with Crippen LogP contribution in [0.4, 0.5) is 0 Å². The molecule has 0 radical (unpaired) electrons. The van der Waals surface area contributed by atoms with Gasteiger partial charge in [0.1, 0.15) is 9.23 Å². The minimum Gasteiger partial charge on any atom is -0.302 e. The van der Waals surface area contributed by atoms with Crippen molar-refractivity contribution in [1.29, 1.82) is 0 Å². The lowest BCUT2D eigenvalue weighted by Crippen LogP contribution is -2.40. The summed E-state index contributed by atoms with van der Waals surface area (Å²) in [7, 11) is -3.57. The molecule has 4 nitrogen and oxygen atoms in total. The van der Waals surface area contributed by atoms with Crippen LogP contribution < -0.4 is 4.72 Å². The van der Waals surface area contributed by atoms with Crippen molar-refractivity contribution in [3.63, 3.8) is 0 Å². The third-order valence-electron chi connectivity index (χ3n) is 3.38. The Kier molecular flexibility index (Phi) is 5.73. The van der Waals surface area contributed by atoms with E-state index in [9.17, 15) is 8.42 Å². The number of nitrogens with one attached hydrogen (secondary N) is 1. The summed E-state index contributed by atoms with van der Waals surface area (Å²) in [6, 6.07) is 1.39. The monoisotopic (exact) mass is 356 g/mol. The summed E-state index contributed by atoms with van der Waals surface area (Å²) < 4.78 is 27.4. The Morgan fingerprint density at radius 2 is 2.25 bits per heavy atom. The molecule has 1 aliphatic heterocycles. The van der Waals surface area contributed by atoms with E-state index in [0.717, 1.165) is 31.0 Å². The van der Waals surface area contributed by atoms with Crippen molar-refractivity contribution in [2.24, 2.45) is 5.92 Å². The summed E-state index contributed by atoms with van der Waals surface area (Å²) in [5, 5.41) is 0. The van der Waals surface area contributed by atoms with Gasteiger partial charge in [-0.1, -0.05) is 30.1 Å². The normalized spacial score (nSPS) is 21.2. The van der Waals surface area contributed by atoms with Gasteiger partial charge in [-0.25, -0.2) is 13.1 Å².